The van der Waals surface area contributed by atoms with Gasteiger partial charge in [0.1, 0.15) is 5.76 Å². The Balaban J connectivity index is 4.80. The van der Waals surface area contributed by atoms with Crippen LogP contribution in [0.4, 0.5) is 0 Å². The van der Waals surface area contributed by atoms with Crippen LogP contribution in [0.5, 0.6) is 0 Å². The van der Waals surface area contributed by atoms with Crippen LogP contribution in [0.2, 0.25) is 0 Å². The molecule has 1 unspecified atom stereocenters. The minimum absolute atomic E-state index is 0.00738. The second-order valence-electron chi connectivity index (χ2n) is 3.72. The molecule has 0 saturated carbocycles. The molecule has 1 N–H and O–H groups in total. The Hall–Kier alpha value is -1.87. The Morgan fingerprint density at radius 1 is 1.33 bits per heavy atom. The number of hydrogen-bond donors (Lipinski definition) is 1. The van der Waals surface area contributed by atoms with Gasteiger partial charge >= 0.3 is 0 Å². The lowest BCUT2D eigenvalue weighted by atomic mass is 10.1. The fourth-order valence-corrected chi connectivity index (χ4v) is 1.07. The van der Waals surface area contributed by atoms with Gasteiger partial charge in [0.05, 0.1) is 6.10 Å². The van der Waals surface area contributed by atoms with Crippen molar-refractivity contribution in [3.05, 3.63) is 60.4 Å². The summed E-state index contributed by atoms with van der Waals surface area (Å²) in [5.74, 6) is -0.277. The number of aliphatic hydroxyl groups is 1. The van der Waals surface area contributed by atoms with Gasteiger partial charge in [-0.1, -0.05) is 37.0 Å². The number of aliphatic hydroxyl groups excluding tert-OH is 1. The molecule has 0 amide bonds. The van der Waals surface area contributed by atoms with E-state index in [1.807, 2.05) is 19.1 Å². The highest BCUT2D eigenvalue weighted by Crippen LogP contribution is 2.04. The third-order valence-electron chi connectivity index (χ3n) is 2.04. The second-order valence-corrected chi connectivity index (χ2v) is 3.72. The average Bonchev–Trinajstić information content (AvgIpc) is 2.31. The molecule has 3 nitrogen and oxygen atoms in total. The number of methoxy groups -OCH3 is 1. The van der Waals surface area contributed by atoms with Crippen LogP contribution in [0.15, 0.2) is 60.4 Å². The maximum Gasteiger partial charge on any atom is 0.156 e. The van der Waals surface area contributed by atoms with Crippen molar-refractivity contribution in [3.8, 4) is 0 Å². The maximum atomic E-state index is 10.7. The number of hydrogen-bond acceptors (Lipinski definition) is 3. The van der Waals surface area contributed by atoms with Crippen molar-refractivity contribution in [2.45, 2.75) is 20.0 Å². The number of ether oxygens (including phenoxy) is 1. The van der Waals surface area contributed by atoms with Gasteiger partial charge in [-0.05, 0) is 25.5 Å². The van der Waals surface area contributed by atoms with Crippen molar-refractivity contribution in [3.63, 3.8) is 0 Å². The average molecular weight is 248 g/mol. The second kappa shape index (κ2) is 9.19. The molecule has 0 aliphatic heterocycles. The van der Waals surface area contributed by atoms with Crippen molar-refractivity contribution in [1.82, 2.24) is 0 Å². The first-order chi connectivity index (χ1) is 8.49. The third-order valence-corrected chi connectivity index (χ3v) is 2.04. The van der Waals surface area contributed by atoms with Crippen LogP contribution in [-0.2, 0) is 9.53 Å². The van der Waals surface area contributed by atoms with Crippen molar-refractivity contribution in [2.75, 3.05) is 7.11 Å². The first kappa shape index (κ1) is 16.1. The Morgan fingerprint density at radius 2 is 2.00 bits per heavy atom. The maximum absolute atomic E-state index is 10.7. The third kappa shape index (κ3) is 8.30. The summed E-state index contributed by atoms with van der Waals surface area (Å²) in [6.07, 6.45) is 11.5. The minimum Gasteiger partial charge on any atom is -0.508 e. The van der Waals surface area contributed by atoms with Gasteiger partial charge in [0.25, 0.3) is 0 Å². The number of rotatable bonds is 7. The minimum atomic E-state index is -0.199. The van der Waals surface area contributed by atoms with Crippen LogP contribution in [-0.4, -0.2) is 24.1 Å². The standard InChI is InChI=1S/C15H20O3/c1-5-6-14(8-7-13(3)18-4)9-10-15(17)11-12(2)16/h5-11,13,17H,1H2,2-4H3/b8-7?,10-9+,14-6+,15-11-. The van der Waals surface area contributed by atoms with Crippen molar-refractivity contribution >= 4 is 5.78 Å². The number of ketones is 1. The summed E-state index contributed by atoms with van der Waals surface area (Å²) in [7, 11) is 1.63. The summed E-state index contributed by atoms with van der Waals surface area (Å²) in [5.41, 5.74) is 0.845. The Kier molecular flexibility index (Phi) is 8.24. The molecule has 0 spiro atoms. The van der Waals surface area contributed by atoms with Crippen LogP contribution < -0.4 is 0 Å². The van der Waals surface area contributed by atoms with Gasteiger partial charge in [0, 0.05) is 13.2 Å². The first-order valence-electron chi connectivity index (χ1n) is 5.62. The van der Waals surface area contributed by atoms with Crippen molar-refractivity contribution in [2.24, 2.45) is 0 Å². The van der Waals surface area contributed by atoms with Crippen LogP contribution in [0.3, 0.4) is 0 Å². The molecule has 98 valence electrons. The van der Waals surface area contributed by atoms with E-state index in [-0.39, 0.29) is 17.6 Å². The van der Waals surface area contributed by atoms with E-state index in [4.69, 9.17) is 4.74 Å². The van der Waals surface area contributed by atoms with Gasteiger partial charge in [0.15, 0.2) is 5.78 Å². The zero-order valence-electron chi connectivity index (χ0n) is 11.1. The van der Waals surface area contributed by atoms with Crippen molar-refractivity contribution < 1.29 is 14.6 Å². The first-order valence-corrected chi connectivity index (χ1v) is 5.62. The smallest absolute Gasteiger partial charge is 0.156 e. The van der Waals surface area contributed by atoms with E-state index in [9.17, 15) is 9.90 Å². The molecule has 0 heterocycles. The van der Waals surface area contributed by atoms with Crippen LogP contribution in [0.1, 0.15) is 13.8 Å². The summed E-state index contributed by atoms with van der Waals surface area (Å²) in [6, 6.07) is 0. The number of carbonyl (C=O) groups excluding carboxylic acids is 1. The molecule has 1 atom stereocenters. The van der Waals surface area contributed by atoms with Gasteiger partial charge in [-0.3, -0.25) is 4.79 Å². The highest BCUT2D eigenvalue weighted by atomic mass is 16.5. The Bertz CT molecular complexity index is 398. The van der Waals surface area contributed by atoms with Gasteiger partial charge in [0.2, 0.25) is 0 Å². The molecular formula is C15H20O3. The molecule has 3 heteroatoms. The van der Waals surface area contributed by atoms with E-state index >= 15 is 0 Å². The van der Waals surface area contributed by atoms with Crippen LogP contribution >= 0.6 is 0 Å². The van der Waals surface area contributed by atoms with E-state index < -0.39 is 0 Å². The van der Waals surface area contributed by atoms with E-state index in [1.54, 1.807) is 25.3 Å². The highest BCUT2D eigenvalue weighted by Gasteiger charge is 1.93. The molecule has 0 aliphatic carbocycles. The zero-order valence-corrected chi connectivity index (χ0v) is 11.1. The molecule has 0 aromatic rings. The summed E-state index contributed by atoms with van der Waals surface area (Å²) < 4.78 is 5.09. The molecule has 0 saturated heterocycles. The van der Waals surface area contributed by atoms with Gasteiger partial charge in [-0.25, -0.2) is 0 Å². The zero-order chi connectivity index (χ0) is 14.0. The van der Waals surface area contributed by atoms with Gasteiger partial charge in [-0.15, -0.1) is 0 Å². The fourth-order valence-electron chi connectivity index (χ4n) is 1.07. The van der Waals surface area contributed by atoms with Crippen LogP contribution in [0.25, 0.3) is 0 Å². The van der Waals surface area contributed by atoms with E-state index in [0.29, 0.717) is 0 Å². The molecule has 0 bridgehead atoms. The summed E-state index contributed by atoms with van der Waals surface area (Å²) >= 11 is 0. The predicted octanol–water partition coefficient (Wildman–Crippen LogP) is 3.28. The topological polar surface area (TPSA) is 46.5 Å². The van der Waals surface area contributed by atoms with Gasteiger partial charge in [-0.2, -0.15) is 0 Å². The summed E-state index contributed by atoms with van der Waals surface area (Å²) in [5, 5.41) is 9.41. The molecule has 0 aliphatic rings. The summed E-state index contributed by atoms with van der Waals surface area (Å²) in [6.45, 7) is 6.91. The molecule has 18 heavy (non-hydrogen) atoms. The predicted molar refractivity (Wildman–Crippen MR) is 74.4 cm³/mol. The molecule has 0 aromatic heterocycles. The lowest BCUT2D eigenvalue weighted by Gasteiger charge is -2.01. The molecular weight excluding hydrogens is 228 g/mol. The van der Waals surface area contributed by atoms with Gasteiger partial charge < -0.3 is 9.84 Å². The lowest BCUT2D eigenvalue weighted by molar-refractivity contribution is -0.112. The monoisotopic (exact) mass is 248 g/mol. The largest absolute Gasteiger partial charge is 0.508 e. The lowest BCUT2D eigenvalue weighted by Crippen LogP contribution is -1.98. The molecule has 0 fully saturated rings. The van der Waals surface area contributed by atoms with Crippen LogP contribution in [0, 0.1) is 0 Å². The Labute approximate surface area is 108 Å². The molecule has 0 radical (unpaired) electrons. The number of carbonyl (C=O) groups is 1. The highest BCUT2D eigenvalue weighted by molar-refractivity contribution is 5.88. The number of allylic oxidation sites excluding steroid dienone is 7. The van der Waals surface area contributed by atoms with E-state index in [2.05, 4.69) is 6.58 Å². The SMILES string of the molecule is C=C/C=C(C=CC(C)OC)/C=C/C(O)=C/C(C)=O. The fraction of sp³-hybridized carbons (Fsp3) is 0.267. The Morgan fingerprint density at radius 3 is 2.50 bits per heavy atom. The normalized spacial score (nSPS) is 15.3. The quantitative estimate of drug-likeness (QED) is 0.427. The van der Waals surface area contributed by atoms with Crippen molar-refractivity contribution in [1.29, 1.82) is 0 Å². The van der Waals surface area contributed by atoms with E-state index in [1.165, 1.54) is 13.0 Å². The van der Waals surface area contributed by atoms with E-state index in [0.717, 1.165) is 11.6 Å². The summed E-state index contributed by atoms with van der Waals surface area (Å²) in [4.78, 5) is 10.7. The molecule has 0 rings (SSSR count). The molecule has 0 aromatic carbocycles.